The summed E-state index contributed by atoms with van der Waals surface area (Å²) in [5.74, 6) is -0.203. The molecule has 0 saturated heterocycles. The Morgan fingerprint density at radius 1 is 0.833 bits per heavy atom. The zero-order valence-electron chi connectivity index (χ0n) is 28.4. The number of ether oxygens (including phenoxy) is 2. The second-order valence-corrected chi connectivity index (χ2v) is 13.6. The fraction of sp³-hybridized carbons (Fsp3) is 0.405. The van der Waals surface area contributed by atoms with Crippen LogP contribution < -0.4 is 26.4 Å². The summed E-state index contributed by atoms with van der Waals surface area (Å²) in [7, 11) is 1.62. The van der Waals surface area contributed by atoms with Gasteiger partial charge in [-0.15, -0.1) is 0 Å². The standard InChI is InChI=1S/C37H46N4O6S/c1-21(2)15-32(34(38)42)40-36(44)33(20-48-19-31-22(3)16-25(46-6)17-23(31)4)41-35(43)24(5)39-37(45)47-18-30-28-13-9-7-11-26(28)27-12-8-10-14-29(27)30/h7-14,16-17,21,24,30,32-33H,15,18-20H2,1-6H3,(H2,38,42)(H,39,45)(H,40,44)(H,41,43)/t24-,32-,33-/m0/s1. The number of rotatable bonds is 15. The fourth-order valence-electron chi connectivity index (χ4n) is 5.93. The number of aryl methyl sites for hydroxylation is 2. The largest absolute Gasteiger partial charge is 0.497 e. The van der Waals surface area contributed by atoms with Crippen LogP contribution in [0.25, 0.3) is 11.1 Å². The molecule has 0 unspecified atom stereocenters. The Balaban J connectivity index is 1.39. The van der Waals surface area contributed by atoms with Gasteiger partial charge in [-0.1, -0.05) is 62.4 Å². The number of amides is 4. The molecule has 0 bridgehead atoms. The number of alkyl carbamates (subject to hydrolysis) is 1. The monoisotopic (exact) mass is 674 g/mol. The molecule has 3 atom stereocenters. The van der Waals surface area contributed by atoms with Crippen molar-refractivity contribution in [2.24, 2.45) is 11.7 Å². The molecular formula is C37H46N4O6S. The smallest absolute Gasteiger partial charge is 0.407 e. The van der Waals surface area contributed by atoms with E-state index in [9.17, 15) is 19.2 Å². The van der Waals surface area contributed by atoms with Gasteiger partial charge in [-0.2, -0.15) is 11.8 Å². The van der Waals surface area contributed by atoms with Gasteiger partial charge in [0.2, 0.25) is 17.7 Å². The lowest BCUT2D eigenvalue weighted by molar-refractivity contribution is -0.131. The summed E-state index contributed by atoms with van der Waals surface area (Å²) in [6, 6.07) is 17.1. The number of benzene rings is 3. The van der Waals surface area contributed by atoms with Crippen LogP contribution in [-0.2, 0) is 24.9 Å². The van der Waals surface area contributed by atoms with Gasteiger partial charge in [-0.05, 0) is 84.2 Å². The first kappa shape index (κ1) is 36.3. The van der Waals surface area contributed by atoms with Crippen LogP contribution >= 0.6 is 11.8 Å². The SMILES string of the molecule is COc1cc(C)c(CSC[C@H](NC(=O)[C@H](C)NC(=O)OCC2c3ccccc3-c3ccccc32)C(=O)N[C@@H](CC(C)C)C(N)=O)c(C)c1. The second kappa shape index (κ2) is 16.5. The lowest BCUT2D eigenvalue weighted by atomic mass is 9.98. The minimum atomic E-state index is -1.00. The highest BCUT2D eigenvalue weighted by molar-refractivity contribution is 7.98. The number of nitrogens with one attached hydrogen (secondary N) is 3. The van der Waals surface area contributed by atoms with E-state index in [2.05, 4.69) is 28.1 Å². The summed E-state index contributed by atoms with van der Waals surface area (Å²) in [5.41, 5.74) is 13.2. The molecule has 10 nitrogen and oxygen atoms in total. The molecule has 0 radical (unpaired) electrons. The van der Waals surface area contributed by atoms with Crippen LogP contribution in [0.3, 0.4) is 0 Å². The summed E-state index contributed by atoms with van der Waals surface area (Å²) in [5, 5.41) is 8.07. The van der Waals surface area contributed by atoms with Gasteiger partial charge in [0.05, 0.1) is 7.11 Å². The molecule has 0 aliphatic heterocycles. The molecule has 3 aromatic carbocycles. The number of fused-ring (bicyclic) bond motifs is 3. The number of primary amides is 1. The average Bonchev–Trinajstić information content (AvgIpc) is 3.37. The average molecular weight is 675 g/mol. The van der Waals surface area contributed by atoms with Crippen molar-refractivity contribution in [2.75, 3.05) is 19.5 Å². The third kappa shape index (κ3) is 9.09. The molecule has 5 N–H and O–H groups in total. The quantitative estimate of drug-likeness (QED) is 0.178. The van der Waals surface area contributed by atoms with Crippen molar-refractivity contribution in [3.05, 3.63) is 88.5 Å². The molecule has 256 valence electrons. The van der Waals surface area contributed by atoms with Crippen molar-refractivity contribution in [2.45, 2.75) is 70.8 Å². The first-order valence-corrected chi connectivity index (χ1v) is 17.3. The number of carbonyl (C=O) groups is 4. The molecule has 0 aromatic heterocycles. The van der Waals surface area contributed by atoms with E-state index in [-0.39, 0.29) is 24.2 Å². The van der Waals surface area contributed by atoms with Crippen molar-refractivity contribution in [1.82, 2.24) is 16.0 Å². The Kier molecular flexibility index (Phi) is 12.5. The Labute approximate surface area is 286 Å². The van der Waals surface area contributed by atoms with Gasteiger partial charge < -0.3 is 31.2 Å². The number of hydrogen-bond acceptors (Lipinski definition) is 7. The Morgan fingerprint density at radius 2 is 1.40 bits per heavy atom. The molecular weight excluding hydrogens is 628 g/mol. The van der Waals surface area contributed by atoms with E-state index in [1.54, 1.807) is 7.11 Å². The summed E-state index contributed by atoms with van der Waals surface area (Å²) in [6.07, 6.45) is -0.384. The van der Waals surface area contributed by atoms with Crippen molar-refractivity contribution >= 4 is 35.6 Å². The Hall–Kier alpha value is -4.51. The molecule has 4 amide bonds. The second-order valence-electron chi connectivity index (χ2n) is 12.6. The minimum absolute atomic E-state index is 0.102. The van der Waals surface area contributed by atoms with Crippen LogP contribution in [0, 0.1) is 19.8 Å². The minimum Gasteiger partial charge on any atom is -0.497 e. The van der Waals surface area contributed by atoms with E-state index in [0.29, 0.717) is 12.2 Å². The third-order valence-corrected chi connectivity index (χ3v) is 9.57. The molecule has 1 aliphatic carbocycles. The number of thioether (sulfide) groups is 1. The van der Waals surface area contributed by atoms with Crippen molar-refractivity contribution in [1.29, 1.82) is 0 Å². The van der Waals surface area contributed by atoms with Gasteiger partial charge in [-0.3, -0.25) is 14.4 Å². The molecule has 3 aromatic rings. The lowest BCUT2D eigenvalue weighted by Crippen LogP contribution is -2.57. The molecule has 0 heterocycles. The van der Waals surface area contributed by atoms with E-state index < -0.39 is 41.9 Å². The highest BCUT2D eigenvalue weighted by atomic mass is 32.2. The van der Waals surface area contributed by atoms with Crippen molar-refractivity contribution in [3.8, 4) is 16.9 Å². The van der Waals surface area contributed by atoms with E-state index in [1.165, 1.54) is 18.7 Å². The predicted molar refractivity (Wildman–Crippen MR) is 189 cm³/mol. The van der Waals surface area contributed by atoms with E-state index in [1.807, 2.05) is 76.2 Å². The van der Waals surface area contributed by atoms with Gasteiger partial charge >= 0.3 is 6.09 Å². The van der Waals surface area contributed by atoms with Gasteiger partial charge in [0.1, 0.15) is 30.5 Å². The molecule has 48 heavy (non-hydrogen) atoms. The molecule has 1 aliphatic rings. The first-order valence-electron chi connectivity index (χ1n) is 16.1. The maximum absolute atomic E-state index is 13.5. The van der Waals surface area contributed by atoms with Gasteiger partial charge in [0, 0.05) is 17.4 Å². The summed E-state index contributed by atoms with van der Waals surface area (Å²) in [4.78, 5) is 51.7. The zero-order chi connectivity index (χ0) is 35.0. The van der Waals surface area contributed by atoms with Crippen molar-refractivity contribution < 1.29 is 28.7 Å². The first-order chi connectivity index (χ1) is 22.9. The van der Waals surface area contributed by atoms with Gasteiger partial charge in [0.15, 0.2) is 0 Å². The van der Waals surface area contributed by atoms with Crippen LogP contribution in [0.15, 0.2) is 60.7 Å². The van der Waals surface area contributed by atoms with Crippen LogP contribution in [0.5, 0.6) is 5.75 Å². The molecule has 11 heteroatoms. The van der Waals surface area contributed by atoms with Crippen LogP contribution in [0.2, 0.25) is 0 Å². The summed E-state index contributed by atoms with van der Waals surface area (Å²) < 4.78 is 11.0. The van der Waals surface area contributed by atoms with Crippen LogP contribution in [-0.4, -0.2) is 61.4 Å². The normalized spacial score (nSPS) is 13.9. The molecule has 0 saturated carbocycles. The lowest BCUT2D eigenvalue weighted by Gasteiger charge is -2.24. The number of nitrogens with two attached hydrogens (primary N) is 1. The van der Waals surface area contributed by atoms with Crippen molar-refractivity contribution in [3.63, 3.8) is 0 Å². The van der Waals surface area contributed by atoms with Gasteiger partial charge in [-0.25, -0.2) is 4.79 Å². The Bertz CT molecular complexity index is 1580. The maximum Gasteiger partial charge on any atom is 0.407 e. The number of hydrogen-bond donors (Lipinski definition) is 4. The van der Waals surface area contributed by atoms with E-state index in [0.717, 1.165) is 44.7 Å². The predicted octanol–water partition coefficient (Wildman–Crippen LogP) is 4.97. The summed E-state index contributed by atoms with van der Waals surface area (Å²) in [6.45, 7) is 9.47. The highest BCUT2D eigenvalue weighted by Crippen LogP contribution is 2.44. The molecule has 4 rings (SSSR count). The van der Waals surface area contributed by atoms with Crippen LogP contribution in [0.1, 0.15) is 60.9 Å². The maximum atomic E-state index is 13.5. The number of methoxy groups -OCH3 is 1. The summed E-state index contributed by atoms with van der Waals surface area (Å²) >= 11 is 1.47. The van der Waals surface area contributed by atoms with Gasteiger partial charge in [0.25, 0.3) is 0 Å². The Morgan fingerprint density at radius 3 is 1.94 bits per heavy atom. The van der Waals surface area contributed by atoms with E-state index >= 15 is 0 Å². The molecule has 0 spiro atoms. The topological polar surface area (TPSA) is 149 Å². The molecule has 0 fully saturated rings. The fourth-order valence-corrected chi connectivity index (χ4v) is 7.18. The van der Waals surface area contributed by atoms with E-state index in [4.69, 9.17) is 15.2 Å². The number of carbonyl (C=O) groups excluding carboxylic acids is 4. The van der Waals surface area contributed by atoms with Crippen LogP contribution in [0.4, 0.5) is 4.79 Å². The highest BCUT2D eigenvalue weighted by Gasteiger charge is 2.31. The zero-order valence-corrected chi connectivity index (χ0v) is 29.2. The third-order valence-electron chi connectivity index (χ3n) is 8.51.